The van der Waals surface area contributed by atoms with Gasteiger partial charge in [-0.05, 0) is 49.6 Å². The van der Waals surface area contributed by atoms with Gasteiger partial charge in [0.2, 0.25) is 11.8 Å². The molecule has 0 aliphatic heterocycles. The Morgan fingerprint density at radius 2 is 2.08 bits per heavy atom. The summed E-state index contributed by atoms with van der Waals surface area (Å²) >= 11 is 0. The lowest BCUT2D eigenvalue weighted by atomic mass is 9.95. The van der Waals surface area contributed by atoms with Crippen molar-refractivity contribution in [3.05, 3.63) is 42.0 Å². The van der Waals surface area contributed by atoms with E-state index in [0.29, 0.717) is 31.3 Å². The van der Waals surface area contributed by atoms with Crippen molar-refractivity contribution in [1.29, 1.82) is 0 Å². The van der Waals surface area contributed by atoms with Crippen LogP contribution in [0.15, 0.2) is 34.9 Å². The summed E-state index contributed by atoms with van der Waals surface area (Å²) in [6.07, 6.45) is 5.20. The molecule has 3 rings (SSSR count). The van der Waals surface area contributed by atoms with Crippen LogP contribution in [0.3, 0.4) is 0 Å². The van der Waals surface area contributed by atoms with Crippen LogP contribution < -0.4 is 11.1 Å². The first kappa shape index (κ1) is 19.4. The molecule has 0 radical (unpaired) electrons. The van der Waals surface area contributed by atoms with Crippen molar-refractivity contribution in [3.63, 3.8) is 0 Å². The molecule has 3 N–H and O–H groups in total. The first-order chi connectivity index (χ1) is 11.7. The van der Waals surface area contributed by atoms with Gasteiger partial charge in [0.15, 0.2) is 0 Å². The lowest BCUT2D eigenvalue weighted by Gasteiger charge is -2.17. The van der Waals surface area contributed by atoms with Crippen molar-refractivity contribution in [1.82, 2.24) is 10.3 Å². The Morgan fingerprint density at radius 3 is 2.80 bits per heavy atom. The summed E-state index contributed by atoms with van der Waals surface area (Å²) in [4.78, 5) is 16.6. The zero-order valence-corrected chi connectivity index (χ0v) is 14.7. The van der Waals surface area contributed by atoms with E-state index in [-0.39, 0.29) is 30.0 Å². The van der Waals surface area contributed by atoms with E-state index < -0.39 is 0 Å². The Kier molecular flexibility index (Phi) is 6.96. The van der Waals surface area contributed by atoms with Gasteiger partial charge in [-0.25, -0.2) is 9.37 Å². The molecular formula is C18H23ClFN3O2. The highest BCUT2D eigenvalue weighted by Crippen LogP contribution is 2.30. The molecule has 1 saturated carbocycles. The Balaban J connectivity index is 0.00000225. The molecule has 25 heavy (non-hydrogen) atoms. The van der Waals surface area contributed by atoms with Gasteiger partial charge in [0, 0.05) is 24.4 Å². The average molecular weight is 368 g/mol. The minimum absolute atomic E-state index is 0. The topological polar surface area (TPSA) is 81.2 Å². The van der Waals surface area contributed by atoms with Crippen LogP contribution in [0.2, 0.25) is 0 Å². The molecule has 1 aliphatic carbocycles. The van der Waals surface area contributed by atoms with Crippen LogP contribution in [-0.2, 0) is 11.2 Å². The van der Waals surface area contributed by atoms with E-state index in [2.05, 4.69) is 10.3 Å². The van der Waals surface area contributed by atoms with Crippen LogP contribution in [0.4, 0.5) is 4.39 Å². The normalized spacial score (nSPS) is 19.4. The second-order valence-corrected chi connectivity index (χ2v) is 6.23. The predicted octanol–water partition coefficient (Wildman–Crippen LogP) is 2.94. The largest absolute Gasteiger partial charge is 0.444 e. The first-order valence-electron chi connectivity index (χ1n) is 8.35. The molecule has 1 heterocycles. The summed E-state index contributed by atoms with van der Waals surface area (Å²) in [5, 5.41) is 2.97. The van der Waals surface area contributed by atoms with Crippen LogP contribution >= 0.6 is 12.4 Å². The molecule has 1 fully saturated rings. The number of carbonyl (C=O) groups excluding carboxylic acids is 1. The van der Waals surface area contributed by atoms with Crippen molar-refractivity contribution in [2.75, 3.05) is 13.1 Å². The van der Waals surface area contributed by atoms with Gasteiger partial charge in [-0.3, -0.25) is 4.79 Å². The zero-order valence-electron chi connectivity index (χ0n) is 13.9. The molecular weight excluding hydrogens is 345 g/mol. The number of hydrogen-bond donors (Lipinski definition) is 2. The third-order valence-corrected chi connectivity index (χ3v) is 4.62. The number of aromatic nitrogens is 1. The van der Waals surface area contributed by atoms with Crippen LogP contribution in [0, 0.1) is 17.7 Å². The fraction of sp³-hybridized carbons (Fsp3) is 0.444. The smallest absolute Gasteiger partial charge is 0.226 e. The van der Waals surface area contributed by atoms with Gasteiger partial charge in [-0.1, -0.05) is 6.42 Å². The third-order valence-electron chi connectivity index (χ3n) is 4.62. The standard InChI is InChI=1S/C18H22FN3O2.ClH/c19-14-6-4-12(5-7-14)18-22-15(11-24-18)8-9-21-17(23)16-3-1-2-13(16)10-20;/h4-7,11,13,16H,1-3,8-10,20H2,(H,21,23);1H/t13-,16-;/m1./s1. The summed E-state index contributed by atoms with van der Waals surface area (Å²) in [5.41, 5.74) is 7.21. The van der Waals surface area contributed by atoms with Crippen LogP contribution in [0.1, 0.15) is 25.0 Å². The van der Waals surface area contributed by atoms with Gasteiger partial charge in [0.05, 0.1) is 5.69 Å². The Labute approximate surface area is 152 Å². The lowest BCUT2D eigenvalue weighted by molar-refractivity contribution is -0.125. The summed E-state index contributed by atoms with van der Waals surface area (Å²) in [7, 11) is 0. The first-order valence-corrected chi connectivity index (χ1v) is 8.35. The molecule has 0 unspecified atom stereocenters. The van der Waals surface area contributed by atoms with Gasteiger partial charge in [-0.15, -0.1) is 12.4 Å². The average Bonchev–Trinajstić information content (AvgIpc) is 3.24. The van der Waals surface area contributed by atoms with Gasteiger partial charge in [0.1, 0.15) is 12.1 Å². The molecule has 1 aromatic heterocycles. The highest BCUT2D eigenvalue weighted by atomic mass is 35.5. The number of nitrogens with zero attached hydrogens (tertiary/aromatic N) is 1. The van der Waals surface area contributed by atoms with E-state index in [9.17, 15) is 9.18 Å². The van der Waals surface area contributed by atoms with Crippen LogP contribution in [0.5, 0.6) is 0 Å². The molecule has 0 saturated heterocycles. The maximum Gasteiger partial charge on any atom is 0.226 e. The molecule has 136 valence electrons. The Morgan fingerprint density at radius 1 is 1.32 bits per heavy atom. The third kappa shape index (κ3) is 4.80. The van der Waals surface area contributed by atoms with Gasteiger partial charge < -0.3 is 15.5 Å². The predicted molar refractivity (Wildman–Crippen MR) is 95.7 cm³/mol. The molecule has 5 nitrogen and oxygen atoms in total. The fourth-order valence-corrected chi connectivity index (χ4v) is 3.26. The SMILES string of the molecule is Cl.NC[C@H]1CCC[C@H]1C(=O)NCCc1coc(-c2ccc(F)cc2)n1. The van der Waals surface area contributed by atoms with Crippen molar-refractivity contribution in [3.8, 4) is 11.5 Å². The molecule has 1 aliphatic rings. The van der Waals surface area contributed by atoms with E-state index in [4.69, 9.17) is 10.2 Å². The van der Waals surface area contributed by atoms with Crippen LogP contribution in [-0.4, -0.2) is 24.0 Å². The minimum atomic E-state index is -0.295. The Hall–Kier alpha value is -1.92. The molecule has 1 aromatic carbocycles. The number of amides is 1. The highest BCUT2D eigenvalue weighted by molar-refractivity contribution is 5.85. The molecule has 1 amide bonds. The van der Waals surface area contributed by atoms with Crippen molar-refractivity contribution in [2.45, 2.75) is 25.7 Å². The number of benzene rings is 1. The summed E-state index contributed by atoms with van der Waals surface area (Å²) in [6.45, 7) is 1.09. The molecule has 0 bridgehead atoms. The number of carbonyl (C=O) groups is 1. The lowest BCUT2D eigenvalue weighted by Crippen LogP contribution is -2.36. The number of rotatable bonds is 6. The van der Waals surface area contributed by atoms with E-state index in [1.165, 1.54) is 12.1 Å². The van der Waals surface area contributed by atoms with Gasteiger partial charge in [-0.2, -0.15) is 0 Å². The second-order valence-electron chi connectivity index (χ2n) is 6.23. The van der Waals surface area contributed by atoms with Crippen molar-refractivity contribution < 1.29 is 13.6 Å². The maximum atomic E-state index is 12.9. The minimum Gasteiger partial charge on any atom is -0.444 e. The van der Waals surface area contributed by atoms with E-state index in [0.717, 1.165) is 30.5 Å². The monoisotopic (exact) mass is 367 g/mol. The Bertz CT molecular complexity index is 690. The van der Waals surface area contributed by atoms with Crippen LogP contribution in [0.25, 0.3) is 11.5 Å². The van der Waals surface area contributed by atoms with E-state index >= 15 is 0 Å². The molecule has 2 atom stereocenters. The summed E-state index contributed by atoms with van der Waals surface area (Å²) in [6, 6.07) is 5.99. The zero-order chi connectivity index (χ0) is 16.9. The molecule has 7 heteroatoms. The maximum absolute atomic E-state index is 12.9. The number of nitrogens with two attached hydrogens (primary N) is 1. The van der Waals surface area contributed by atoms with Gasteiger partial charge in [0.25, 0.3) is 0 Å². The molecule has 2 aromatic rings. The number of oxazole rings is 1. The highest BCUT2D eigenvalue weighted by Gasteiger charge is 2.31. The van der Waals surface area contributed by atoms with E-state index in [1.54, 1.807) is 18.4 Å². The number of nitrogens with one attached hydrogen (secondary N) is 1. The van der Waals surface area contributed by atoms with E-state index in [1.807, 2.05) is 0 Å². The number of halogens is 2. The summed E-state index contributed by atoms with van der Waals surface area (Å²) in [5.74, 6) is 0.598. The number of hydrogen-bond acceptors (Lipinski definition) is 4. The quantitative estimate of drug-likeness (QED) is 0.822. The van der Waals surface area contributed by atoms with Crippen molar-refractivity contribution in [2.24, 2.45) is 17.6 Å². The molecule has 0 spiro atoms. The van der Waals surface area contributed by atoms with Gasteiger partial charge >= 0.3 is 0 Å². The summed E-state index contributed by atoms with van der Waals surface area (Å²) < 4.78 is 18.4. The second kappa shape index (κ2) is 8.97. The van der Waals surface area contributed by atoms with Crippen molar-refractivity contribution >= 4 is 18.3 Å². The fourth-order valence-electron chi connectivity index (χ4n) is 3.26.